The van der Waals surface area contributed by atoms with Gasteiger partial charge in [-0.2, -0.15) is 0 Å². The molecule has 0 spiro atoms. The number of hydrogen-bond acceptors (Lipinski definition) is 3. The van der Waals surface area contributed by atoms with Crippen LogP contribution in [0.5, 0.6) is 11.5 Å². The van der Waals surface area contributed by atoms with E-state index in [0.29, 0.717) is 29.5 Å². The van der Waals surface area contributed by atoms with Gasteiger partial charge in [0.2, 0.25) is 0 Å². The van der Waals surface area contributed by atoms with Crippen molar-refractivity contribution in [3.05, 3.63) is 59.1 Å². The maximum Gasteiger partial charge on any atom is 0.308 e. The largest absolute Gasteiger partial charge is 0.481 e. The topological polar surface area (TPSA) is 49.8 Å². The summed E-state index contributed by atoms with van der Waals surface area (Å²) in [4.78, 5) is 13.2. The van der Waals surface area contributed by atoms with Gasteiger partial charge in [0.15, 0.2) is 5.75 Å². The molecule has 1 fully saturated rings. The molecule has 2 aliphatic heterocycles. The monoisotopic (exact) mass is 341 g/mol. The van der Waals surface area contributed by atoms with Gasteiger partial charge in [0.25, 0.3) is 0 Å². The number of nitrogens with zero attached hydrogens (tertiary/aromatic N) is 1. The minimum absolute atomic E-state index is 0.313. The molecule has 2 heterocycles. The van der Waals surface area contributed by atoms with Crippen molar-refractivity contribution in [2.75, 3.05) is 18.0 Å². The Hall–Kier alpha value is -2.46. The number of ether oxygens (including phenoxy) is 1. The molecular weight excluding hydrogens is 326 g/mol. The number of para-hydroxylation sites is 1. The highest BCUT2D eigenvalue weighted by Gasteiger charge is 2.29. The Morgan fingerprint density at radius 3 is 2.88 bits per heavy atom. The molecule has 2 aromatic rings. The molecule has 122 valence electrons. The summed E-state index contributed by atoms with van der Waals surface area (Å²) in [5, 5.41) is 9.72. The lowest BCUT2D eigenvalue weighted by Crippen LogP contribution is -2.22. The van der Waals surface area contributed by atoms with Crippen LogP contribution >= 0.6 is 11.6 Å². The van der Waals surface area contributed by atoms with Gasteiger partial charge in [0.05, 0.1) is 10.9 Å². The molecule has 0 aliphatic carbocycles. The molecule has 0 saturated carbocycles. The average Bonchev–Trinajstić information content (AvgIpc) is 3.06. The Labute approximate surface area is 144 Å². The van der Waals surface area contributed by atoms with E-state index in [0.717, 1.165) is 28.9 Å². The third-order valence-corrected chi connectivity index (χ3v) is 4.99. The van der Waals surface area contributed by atoms with Crippen LogP contribution in [0, 0.1) is 5.92 Å². The normalized spacial score (nSPS) is 18.8. The van der Waals surface area contributed by atoms with Crippen LogP contribution in [0.2, 0.25) is 5.02 Å². The molecular formula is C19H16ClNO3. The fourth-order valence-corrected chi connectivity index (χ4v) is 3.56. The zero-order valence-corrected chi connectivity index (χ0v) is 13.7. The highest BCUT2D eigenvalue weighted by Crippen LogP contribution is 2.47. The molecule has 1 saturated heterocycles. The van der Waals surface area contributed by atoms with Crippen molar-refractivity contribution in [2.24, 2.45) is 5.92 Å². The van der Waals surface area contributed by atoms with Crippen molar-refractivity contribution >= 4 is 28.8 Å². The summed E-state index contributed by atoms with van der Waals surface area (Å²) in [6.07, 6.45) is 0.661. The summed E-state index contributed by atoms with van der Waals surface area (Å²) < 4.78 is 6.02. The van der Waals surface area contributed by atoms with E-state index in [9.17, 15) is 4.79 Å². The Morgan fingerprint density at radius 1 is 1.29 bits per heavy atom. The van der Waals surface area contributed by atoms with Crippen LogP contribution in [0.4, 0.5) is 5.69 Å². The quantitative estimate of drug-likeness (QED) is 0.749. The van der Waals surface area contributed by atoms with Gasteiger partial charge in [0.1, 0.15) is 5.75 Å². The molecule has 0 amide bonds. The number of fused-ring (bicyclic) bond motifs is 2. The lowest BCUT2D eigenvalue weighted by atomic mass is 9.95. The zero-order chi connectivity index (χ0) is 16.8. The van der Waals surface area contributed by atoms with Gasteiger partial charge in [-0.15, -0.1) is 0 Å². The summed E-state index contributed by atoms with van der Waals surface area (Å²) in [5.74, 6) is 0.281. The van der Waals surface area contributed by atoms with Crippen molar-refractivity contribution in [3.63, 3.8) is 0 Å². The lowest BCUT2D eigenvalue weighted by Gasteiger charge is -2.25. The van der Waals surface area contributed by atoms with Gasteiger partial charge in [-0.05, 0) is 30.2 Å². The lowest BCUT2D eigenvalue weighted by molar-refractivity contribution is -0.140. The Balaban J connectivity index is 1.68. The zero-order valence-electron chi connectivity index (χ0n) is 13.0. The molecule has 1 atom stereocenters. The number of aliphatic carboxylic acids is 1. The van der Waals surface area contributed by atoms with E-state index >= 15 is 0 Å². The number of benzene rings is 2. The molecule has 0 bridgehead atoms. The van der Waals surface area contributed by atoms with Crippen molar-refractivity contribution in [3.8, 4) is 11.5 Å². The Kier molecular flexibility index (Phi) is 3.50. The number of rotatable bonds is 2. The van der Waals surface area contributed by atoms with Crippen molar-refractivity contribution in [2.45, 2.75) is 6.42 Å². The average molecular weight is 342 g/mol. The van der Waals surface area contributed by atoms with Crippen molar-refractivity contribution in [1.29, 1.82) is 0 Å². The third kappa shape index (κ3) is 2.34. The molecule has 0 aromatic heterocycles. The minimum Gasteiger partial charge on any atom is -0.481 e. The van der Waals surface area contributed by atoms with Crippen LogP contribution < -0.4 is 9.64 Å². The van der Waals surface area contributed by atoms with E-state index in [1.165, 1.54) is 0 Å². The van der Waals surface area contributed by atoms with E-state index < -0.39 is 5.97 Å². The first kappa shape index (κ1) is 15.1. The second-order valence-electron chi connectivity index (χ2n) is 6.15. The first-order valence-electron chi connectivity index (χ1n) is 7.82. The third-order valence-electron chi connectivity index (χ3n) is 4.70. The number of halogens is 1. The summed E-state index contributed by atoms with van der Waals surface area (Å²) >= 11 is 6.25. The molecule has 4 nitrogen and oxygen atoms in total. The number of carboxylic acids is 1. The van der Waals surface area contributed by atoms with E-state index in [-0.39, 0.29) is 5.92 Å². The number of anilines is 1. The highest BCUT2D eigenvalue weighted by molar-refractivity contribution is 6.32. The van der Waals surface area contributed by atoms with Crippen LogP contribution in [0.15, 0.2) is 43.0 Å². The van der Waals surface area contributed by atoms with Crippen LogP contribution in [0.3, 0.4) is 0 Å². The molecule has 2 aliphatic rings. The molecule has 2 aromatic carbocycles. The Morgan fingerprint density at radius 2 is 2.12 bits per heavy atom. The standard InChI is InChI=1S/C19H16ClNO3/c1-11-14-6-5-13(21-8-7-12(10-21)19(22)23)9-17(14)24-18-15(11)3-2-4-16(18)20/h2-6,9,12H,1,7-8,10H2,(H,22,23). The fourth-order valence-electron chi connectivity index (χ4n) is 3.34. The minimum atomic E-state index is -0.735. The summed E-state index contributed by atoms with van der Waals surface area (Å²) in [6, 6.07) is 11.5. The summed E-state index contributed by atoms with van der Waals surface area (Å²) in [5.41, 5.74) is 3.67. The number of carbonyl (C=O) groups is 1. The molecule has 24 heavy (non-hydrogen) atoms. The second kappa shape index (κ2) is 5.56. The van der Waals surface area contributed by atoms with Crippen molar-refractivity contribution in [1.82, 2.24) is 0 Å². The van der Waals surface area contributed by atoms with E-state index in [1.807, 2.05) is 30.3 Å². The fraction of sp³-hybridized carbons (Fsp3) is 0.211. The molecule has 4 rings (SSSR count). The van der Waals surface area contributed by atoms with Crippen LogP contribution in [0.25, 0.3) is 5.57 Å². The predicted octanol–water partition coefficient (Wildman–Crippen LogP) is 4.42. The first-order valence-corrected chi connectivity index (χ1v) is 8.20. The first-order chi connectivity index (χ1) is 11.5. The maximum atomic E-state index is 11.2. The molecule has 1 unspecified atom stereocenters. The highest BCUT2D eigenvalue weighted by atomic mass is 35.5. The van der Waals surface area contributed by atoms with Gasteiger partial charge >= 0.3 is 5.97 Å². The van der Waals surface area contributed by atoms with Crippen LogP contribution in [-0.4, -0.2) is 24.2 Å². The summed E-state index contributed by atoms with van der Waals surface area (Å²) in [7, 11) is 0. The van der Waals surface area contributed by atoms with E-state index in [4.69, 9.17) is 21.4 Å². The van der Waals surface area contributed by atoms with Crippen LogP contribution in [0.1, 0.15) is 17.5 Å². The Bertz CT molecular complexity index is 862. The molecule has 1 N–H and O–H groups in total. The molecule has 0 radical (unpaired) electrons. The number of carboxylic acid groups (broad SMARTS) is 1. The van der Waals surface area contributed by atoms with Gasteiger partial charge in [0, 0.05) is 36.0 Å². The van der Waals surface area contributed by atoms with Gasteiger partial charge in [-0.1, -0.05) is 30.3 Å². The summed E-state index contributed by atoms with van der Waals surface area (Å²) in [6.45, 7) is 5.42. The second-order valence-corrected chi connectivity index (χ2v) is 6.55. The van der Waals surface area contributed by atoms with Gasteiger partial charge < -0.3 is 14.7 Å². The smallest absolute Gasteiger partial charge is 0.308 e. The predicted molar refractivity (Wildman–Crippen MR) is 94.1 cm³/mol. The van der Waals surface area contributed by atoms with E-state index in [1.54, 1.807) is 6.07 Å². The van der Waals surface area contributed by atoms with E-state index in [2.05, 4.69) is 11.5 Å². The van der Waals surface area contributed by atoms with Gasteiger partial charge in [-0.3, -0.25) is 4.79 Å². The van der Waals surface area contributed by atoms with Gasteiger partial charge in [-0.25, -0.2) is 0 Å². The van der Waals surface area contributed by atoms with Crippen molar-refractivity contribution < 1.29 is 14.6 Å². The SMILES string of the molecule is C=C1c2ccc(N3CCC(C(=O)O)C3)cc2Oc2c(Cl)cccc21. The number of hydrogen-bond donors (Lipinski definition) is 1. The maximum absolute atomic E-state index is 11.2. The van der Waals surface area contributed by atoms with Crippen LogP contribution in [-0.2, 0) is 4.79 Å². The molecule has 5 heteroatoms.